The lowest BCUT2D eigenvalue weighted by molar-refractivity contribution is 1.69. The van der Waals surface area contributed by atoms with Crippen LogP contribution in [0.2, 0.25) is 0 Å². The third kappa shape index (κ3) is 4.49. The minimum absolute atomic E-state index is 1.24. The number of benzene rings is 12. The number of fused-ring (bicyclic) bond motifs is 15. The lowest BCUT2D eigenvalue weighted by Gasteiger charge is -2.19. The highest BCUT2D eigenvalue weighted by atomic mass is 32.1. The summed E-state index contributed by atoms with van der Waals surface area (Å²) in [6, 6.07) is 72.9. The fourth-order valence-electron chi connectivity index (χ4n) is 9.99. The van der Waals surface area contributed by atoms with Crippen LogP contribution >= 0.6 is 11.3 Å². The SMILES string of the molecule is c1ccc2cc3cc(-c4c5ccccc5c(-c5ccc6c(c5)c5ccccc5c5cc7c(cc65)sc5ccc6ccccc6c57)c5ccccc45)ccc3cc2c1. The molecule has 0 aliphatic heterocycles. The summed E-state index contributed by atoms with van der Waals surface area (Å²) in [7, 11) is 0. The van der Waals surface area contributed by atoms with Crippen molar-refractivity contribution in [2.24, 2.45) is 0 Å². The molecule has 0 atom stereocenters. The maximum absolute atomic E-state index is 2.47. The number of hydrogen-bond acceptors (Lipinski definition) is 1. The zero-order valence-electron chi connectivity index (χ0n) is 30.9. The number of rotatable bonds is 2. The molecule has 0 saturated carbocycles. The van der Waals surface area contributed by atoms with Crippen molar-refractivity contribution in [3.05, 3.63) is 194 Å². The van der Waals surface area contributed by atoms with E-state index in [2.05, 4.69) is 194 Å². The fourth-order valence-corrected chi connectivity index (χ4v) is 11.1. The second kappa shape index (κ2) is 11.7. The summed E-state index contributed by atoms with van der Waals surface area (Å²) in [5, 5.41) is 23.3. The molecule has 0 fully saturated rings. The first kappa shape index (κ1) is 31.2. The summed E-state index contributed by atoms with van der Waals surface area (Å²) >= 11 is 1.91. The third-order valence-corrected chi connectivity index (χ3v) is 13.6. The van der Waals surface area contributed by atoms with Crippen molar-refractivity contribution in [1.82, 2.24) is 0 Å². The van der Waals surface area contributed by atoms with Gasteiger partial charge in [-0.1, -0.05) is 152 Å². The van der Waals surface area contributed by atoms with Gasteiger partial charge in [-0.2, -0.15) is 0 Å². The van der Waals surface area contributed by atoms with Crippen LogP contribution in [0.3, 0.4) is 0 Å². The lowest BCUT2D eigenvalue weighted by Crippen LogP contribution is -1.91. The molecule has 0 bridgehead atoms. The maximum Gasteiger partial charge on any atom is 0.0362 e. The van der Waals surface area contributed by atoms with Gasteiger partial charge >= 0.3 is 0 Å². The topological polar surface area (TPSA) is 0 Å². The predicted octanol–water partition coefficient (Wildman–Crippen LogP) is 16.6. The number of hydrogen-bond donors (Lipinski definition) is 0. The average molecular weight is 737 g/mol. The average Bonchev–Trinajstić information content (AvgIpc) is 3.65. The summed E-state index contributed by atoms with van der Waals surface area (Å²) in [6.45, 7) is 0. The molecule has 57 heavy (non-hydrogen) atoms. The van der Waals surface area contributed by atoms with Crippen LogP contribution in [-0.2, 0) is 0 Å². The van der Waals surface area contributed by atoms with Crippen molar-refractivity contribution in [1.29, 1.82) is 0 Å². The quantitative estimate of drug-likeness (QED) is 0.122. The van der Waals surface area contributed by atoms with E-state index in [0.717, 1.165) is 0 Å². The highest BCUT2D eigenvalue weighted by Crippen LogP contribution is 2.47. The van der Waals surface area contributed by atoms with Gasteiger partial charge in [-0.25, -0.2) is 0 Å². The molecular weight excluding hydrogens is 705 g/mol. The molecular formula is C56H32S. The highest BCUT2D eigenvalue weighted by molar-refractivity contribution is 7.26. The van der Waals surface area contributed by atoms with Crippen LogP contribution in [0.1, 0.15) is 0 Å². The van der Waals surface area contributed by atoms with E-state index < -0.39 is 0 Å². The predicted molar refractivity (Wildman–Crippen MR) is 250 cm³/mol. The Kier molecular flexibility index (Phi) is 6.41. The van der Waals surface area contributed by atoms with Gasteiger partial charge in [-0.15, -0.1) is 11.3 Å². The maximum atomic E-state index is 2.47. The molecule has 1 aromatic heterocycles. The van der Waals surface area contributed by atoms with Crippen molar-refractivity contribution >= 4 is 118 Å². The molecule has 1 heterocycles. The van der Waals surface area contributed by atoms with Crippen LogP contribution in [0.15, 0.2) is 194 Å². The molecule has 1 heteroatoms. The second-order valence-corrected chi connectivity index (χ2v) is 16.6. The van der Waals surface area contributed by atoms with Crippen molar-refractivity contribution in [2.45, 2.75) is 0 Å². The van der Waals surface area contributed by atoms with E-state index >= 15 is 0 Å². The number of thiophene rings is 1. The van der Waals surface area contributed by atoms with Crippen LogP contribution in [-0.4, -0.2) is 0 Å². The van der Waals surface area contributed by atoms with Gasteiger partial charge in [-0.3, -0.25) is 0 Å². The molecule has 13 rings (SSSR count). The molecule has 0 spiro atoms. The Balaban J connectivity index is 1.08. The first-order valence-corrected chi connectivity index (χ1v) is 20.6. The molecule has 0 saturated heterocycles. The second-order valence-electron chi connectivity index (χ2n) is 15.6. The summed E-state index contributed by atoms with van der Waals surface area (Å²) in [4.78, 5) is 0. The minimum Gasteiger partial charge on any atom is -0.135 e. The molecule has 0 unspecified atom stereocenters. The van der Waals surface area contributed by atoms with E-state index in [-0.39, 0.29) is 0 Å². The normalized spacial score (nSPS) is 12.2. The van der Waals surface area contributed by atoms with Gasteiger partial charge in [0.15, 0.2) is 0 Å². The van der Waals surface area contributed by atoms with Crippen LogP contribution in [0.25, 0.3) is 129 Å². The van der Waals surface area contributed by atoms with E-state index in [9.17, 15) is 0 Å². The van der Waals surface area contributed by atoms with Crippen LogP contribution in [0, 0.1) is 0 Å². The highest BCUT2D eigenvalue weighted by Gasteiger charge is 2.19. The first-order chi connectivity index (χ1) is 28.2. The van der Waals surface area contributed by atoms with Crippen molar-refractivity contribution < 1.29 is 0 Å². The molecule has 0 aliphatic rings. The Morgan fingerprint density at radius 1 is 0.228 bits per heavy atom. The molecule has 0 aliphatic carbocycles. The summed E-state index contributed by atoms with van der Waals surface area (Å²) < 4.78 is 2.68. The molecule has 0 amide bonds. The summed E-state index contributed by atoms with van der Waals surface area (Å²) in [5.74, 6) is 0. The first-order valence-electron chi connectivity index (χ1n) is 19.7. The van der Waals surface area contributed by atoms with Gasteiger partial charge in [0.2, 0.25) is 0 Å². The minimum atomic E-state index is 1.24. The fraction of sp³-hybridized carbons (Fsp3) is 0. The Labute approximate surface area is 332 Å². The van der Waals surface area contributed by atoms with Gasteiger partial charge in [-0.05, 0) is 151 Å². The Hall–Kier alpha value is -7.06. The van der Waals surface area contributed by atoms with Crippen molar-refractivity contribution in [3.8, 4) is 22.3 Å². The Morgan fingerprint density at radius 3 is 1.35 bits per heavy atom. The van der Waals surface area contributed by atoms with Crippen molar-refractivity contribution in [2.75, 3.05) is 0 Å². The molecule has 12 aromatic carbocycles. The van der Waals surface area contributed by atoms with Gasteiger partial charge in [0.1, 0.15) is 0 Å². The summed E-state index contributed by atoms with van der Waals surface area (Å²) in [5.41, 5.74) is 5.06. The van der Waals surface area contributed by atoms with Crippen LogP contribution < -0.4 is 0 Å². The van der Waals surface area contributed by atoms with Crippen molar-refractivity contribution in [3.63, 3.8) is 0 Å². The molecule has 13 aromatic rings. The standard InChI is InChI=1S/C56H32S/c1-2-13-35-28-39-29-37(22-21-36(39)27-34(35)12-1)54-44-17-7-9-19-46(44)55(47-20-10-8-18-45(47)54)38-23-25-43-48(30-38)41-15-5-6-16-42(41)49-31-51-53(32-50(43)49)57-52-26-24-33-11-3-4-14-40(33)56(51)52/h1-32H. The molecule has 262 valence electrons. The van der Waals surface area contributed by atoms with Crippen LogP contribution in [0.5, 0.6) is 0 Å². The zero-order valence-corrected chi connectivity index (χ0v) is 31.7. The van der Waals surface area contributed by atoms with E-state index in [0.29, 0.717) is 0 Å². The van der Waals surface area contributed by atoms with Gasteiger partial charge in [0.05, 0.1) is 0 Å². The third-order valence-electron chi connectivity index (χ3n) is 12.5. The lowest BCUT2D eigenvalue weighted by atomic mass is 9.84. The van der Waals surface area contributed by atoms with E-state index in [4.69, 9.17) is 0 Å². The zero-order chi connectivity index (χ0) is 37.2. The van der Waals surface area contributed by atoms with E-state index in [1.165, 1.54) is 129 Å². The molecule has 0 N–H and O–H groups in total. The summed E-state index contributed by atoms with van der Waals surface area (Å²) in [6.07, 6.45) is 0. The molecule has 0 nitrogen and oxygen atoms in total. The van der Waals surface area contributed by atoms with Crippen LogP contribution in [0.4, 0.5) is 0 Å². The Morgan fingerprint density at radius 2 is 0.684 bits per heavy atom. The Bertz CT molecular complexity index is 3810. The van der Waals surface area contributed by atoms with Gasteiger partial charge in [0, 0.05) is 20.2 Å². The largest absolute Gasteiger partial charge is 0.135 e. The van der Waals surface area contributed by atoms with Gasteiger partial charge < -0.3 is 0 Å². The van der Waals surface area contributed by atoms with E-state index in [1.807, 2.05) is 11.3 Å². The smallest absolute Gasteiger partial charge is 0.0362 e. The van der Waals surface area contributed by atoms with E-state index in [1.54, 1.807) is 0 Å². The van der Waals surface area contributed by atoms with Gasteiger partial charge in [0.25, 0.3) is 0 Å². The molecule has 0 radical (unpaired) electrons. The monoisotopic (exact) mass is 736 g/mol.